The van der Waals surface area contributed by atoms with Crippen LogP contribution in [0.25, 0.3) is 0 Å². The third-order valence-electron chi connectivity index (χ3n) is 2.31. The second-order valence-electron chi connectivity index (χ2n) is 3.16. The molecule has 1 aliphatic rings. The van der Waals surface area contributed by atoms with Gasteiger partial charge in [0.15, 0.2) is 6.04 Å². The second kappa shape index (κ2) is 5.70. The van der Waals surface area contributed by atoms with E-state index in [1.54, 1.807) is 0 Å². The van der Waals surface area contributed by atoms with Gasteiger partial charge in [-0.1, -0.05) is 20.7 Å². The summed E-state index contributed by atoms with van der Waals surface area (Å²) in [6.07, 6.45) is -1.00. The highest BCUT2D eigenvalue weighted by Gasteiger charge is 2.48. The van der Waals surface area contributed by atoms with Crippen molar-refractivity contribution in [3.05, 3.63) is 19.6 Å². The molecule has 0 N–H and O–H groups in total. The molecule has 1 heterocycles. The first-order valence-electron chi connectivity index (χ1n) is 4.29. The summed E-state index contributed by atoms with van der Waals surface area (Å²) in [7, 11) is 0. The van der Waals surface area contributed by atoms with E-state index in [2.05, 4.69) is 33.3 Å². The molecule has 1 saturated heterocycles. The molecule has 10 heteroatoms. The van der Waals surface area contributed by atoms with Crippen molar-refractivity contribution >= 4 is 12.6 Å². The number of hydrogen-bond donors (Lipinski definition) is 1. The molecule has 0 spiro atoms. The average molecular weight is 248 g/mol. The Labute approximate surface area is 94.6 Å². The van der Waals surface area contributed by atoms with Gasteiger partial charge in [0, 0.05) is 0 Å². The fourth-order valence-corrected chi connectivity index (χ4v) is 1.91. The van der Waals surface area contributed by atoms with Crippen molar-refractivity contribution in [2.45, 2.75) is 29.7 Å². The van der Waals surface area contributed by atoms with Crippen LogP contribution >= 0.6 is 12.6 Å². The Morgan fingerprint density at radius 3 is 1.94 bits per heavy atom. The molecule has 5 atom stereocenters. The molecular formula is C6H8N4O5S. The maximum atomic E-state index is 10.5. The molecule has 0 aromatic carbocycles. The molecule has 88 valence electrons. The lowest BCUT2D eigenvalue weighted by Gasteiger charge is -2.35. The maximum absolute atomic E-state index is 10.5. The topological polar surface area (TPSA) is 127 Å². The van der Waals surface area contributed by atoms with Gasteiger partial charge < -0.3 is 4.74 Å². The summed E-state index contributed by atoms with van der Waals surface area (Å²) in [5.74, 6) is 0. The van der Waals surface area contributed by atoms with E-state index in [9.17, 15) is 19.6 Å². The van der Waals surface area contributed by atoms with Gasteiger partial charge >= 0.3 is 0 Å². The molecule has 1 aliphatic heterocycles. The van der Waals surface area contributed by atoms with Crippen molar-refractivity contribution in [1.82, 2.24) is 0 Å². The van der Waals surface area contributed by atoms with Gasteiger partial charge in [0.05, 0.1) is 0 Å². The quantitative estimate of drug-likeness (QED) is 0.568. The predicted octanol–water partition coefficient (Wildman–Crippen LogP) is 0.812. The molecule has 1 rings (SSSR count). The van der Waals surface area contributed by atoms with Crippen LogP contribution in [-0.4, -0.2) is 36.2 Å². The zero-order valence-electron chi connectivity index (χ0n) is 7.87. The van der Waals surface area contributed by atoms with E-state index < -0.39 is 29.7 Å². The molecule has 0 aromatic rings. The van der Waals surface area contributed by atoms with E-state index in [4.69, 9.17) is 4.74 Å². The lowest BCUT2D eigenvalue weighted by atomic mass is 9.94. The number of nitrogens with zero attached hydrogens (tertiary/aromatic N) is 4. The van der Waals surface area contributed by atoms with Crippen LogP contribution in [0.5, 0.6) is 0 Å². The number of ether oxygens (including phenoxy) is 1. The van der Waals surface area contributed by atoms with Gasteiger partial charge in [-0.15, -0.1) is 12.6 Å². The van der Waals surface area contributed by atoms with Crippen molar-refractivity contribution < 1.29 is 4.74 Å². The monoisotopic (exact) mass is 248 g/mol. The average Bonchev–Trinajstić information content (AvgIpc) is 2.28. The molecule has 1 fully saturated rings. The van der Waals surface area contributed by atoms with Gasteiger partial charge in [-0.05, 0) is 0 Å². The molecule has 0 aliphatic carbocycles. The Bertz CT molecular complexity index is 303. The van der Waals surface area contributed by atoms with E-state index in [-0.39, 0.29) is 6.54 Å². The first-order chi connectivity index (χ1) is 7.69. The normalized spacial score (nSPS) is 38.7. The minimum atomic E-state index is -1.28. The number of hydrogen-bond acceptors (Lipinski definition) is 10. The van der Waals surface area contributed by atoms with Crippen molar-refractivity contribution in [1.29, 1.82) is 0 Å². The minimum Gasteiger partial charge on any atom is -0.358 e. The van der Waals surface area contributed by atoms with Gasteiger partial charge in [-0.3, -0.25) is 0 Å². The fourth-order valence-electron chi connectivity index (χ4n) is 1.52. The van der Waals surface area contributed by atoms with Crippen LogP contribution in [0.15, 0.2) is 20.7 Å². The molecular weight excluding hydrogens is 240 g/mol. The number of rotatable bonds is 5. The summed E-state index contributed by atoms with van der Waals surface area (Å²) in [5, 5.41) is 10.4. The maximum Gasteiger partial charge on any atom is 0.155 e. The minimum absolute atomic E-state index is 0.370. The molecule has 16 heavy (non-hydrogen) atoms. The lowest BCUT2D eigenvalue weighted by molar-refractivity contribution is -0.0296. The van der Waals surface area contributed by atoms with Crippen molar-refractivity contribution in [2.24, 2.45) is 20.7 Å². The Morgan fingerprint density at radius 1 is 0.938 bits per heavy atom. The summed E-state index contributed by atoms with van der Waals surface area (Å²) in [6.45, 7) is -0.370. The smallest absolute Gasteiger partial charge is 0.155 e. The highest BCUT2D eigenvalue weighted by molar-refractivity contribution is 7.80. The fraction of sp³-hybridized carbons (Fsp3) is 1.00. The highest BCUT2D eigenvalue weighted by atomic mass is 32.1. The van der Waals surface area contributed by atoms with Gasteiger partial charge in [0.2, 0.25) is 0 Å². The van der Waals surface area contributed by atoms with Crippen LogP contribution in [0.1, 0.15) is 0 Å². The Hall–Kier alpha value is -1.29. The van der Waals surface area contributed by atoms with Crippen LogP contribution in [-0.2, 0) is 4.74 Å². The van der Waals surface area contributed by atoms with Crippen LogP contribution in [0.4, 0.5) is 0 Å². The van der Waals surface area contributed by atoms with Crippen molar-refractivity contribution in [2.75, 3.05) is 6.54 Å². The van der Waals surface area contributed by atoms with E-state index in [1.807, 2.05) is 0 Å². The van der Waals surface area contributed by atoms with Crippen molar-refractivity contribution in [3.63, 3.8) is 0 Å². The summed E-state index contributed by atoms with van der Waals surface area (Å²) in [5.41, 5.74) is -1.01. The van der Waals surface area contributed by atoms with Crippen LogP contribution in [0.2, 0.25) is 0 Å². The first kappa shape index (κ1) is 12.8. The summed E-state index contributed by atoms with van der Waals surface area (Å²) < 4.78 is 5.05. The standard InChI is InChI=1S/C6H8N4O5S/c11-7-1-2-3(8-12)4(9-13)5(10-14)6(16)15-2/h2-6,16H,1H2/t2?,3-,4?,5-,6-/m0/s1. The third kappa shape index (κ3) is 2.27. The Morgan fingerprint density at radius 2 is 1.50 bits per heavy atom. The molecule has 0 radical (unpaired) electrons. The largest absolute Gasteiger partial charge is 0.358 e. The second-order valence-corrected chi connectivity index (χ2v) is 3.67. The summed E-state index contributed by atoms with van der Waals surface area (Å²) >= 11 is 3.88. The molecule has 0 bridgehead atoms. The Kier molecular flexibility index (Phi) is 4.55. The SMILES string of the molecule is O=NCC1O[C@@H](S)[C@@H](N=O)C(N=O)[C@H]1N=O. The lowest BCUT2D eigenvalue weighted by Crippen LogP contribution is -2.54. The van der Waals surface area contributed by atoms with E-state index >= 15 is 0 Å². The van der Waals surface area contributed by atoms with E-state index in [0.29, 0.717) is 0 Å². The first-order valence-corrected chi connectivity index (χ1v) is 4.81. The van der Waals surface area contributed by atoms with Crippen LogP contribution < -0.4 is 0 Å². The van der Waals surface area contributed by atoms with Gasteiger partial charge in [0.25, 0.3) is 0 Å². The molecule has 0 saturated carbocycles. The molecule has 0 aromatic heterocycles. The van der Waals surface area contributed by atoms with Gasteiger partial charge in [-0.25, -0.2) is 0 Å². The Balaban J connectivity index is 2.95. The summed E-state index contributed by atoms with van der Waals surface area (Å²) in [4.78, 5) is 41.6. The van der Waals surface area contributed by atoms with E-state index in [0.717, 1.165) is 0 Å². The van der Waals surface area contributed by atoms with Crippen molar-refractivity contribution in [3.8, 4) is 0 Å². The predicted molar refractivity (Wildman–Crippen MR) is 57.1 cm³/mol. The van der Waals surface area contributed by atoms with Gasteiger partial charge in [-0.2, -0.15) is 19.6 Å². The molecule has 9 nitrogen and oxygen atoms in total. The highest BCUT2D eigenvalue weighted by Crippen LogP contribution is 2.29. The third-order valence-corrected chi connectivity index (χ3v) is 2.73. The zero-order valence-corrected chi connectivity index (χ0v) is 8.77. The van der Waals surface area contributed by atoms with E-state index in [1.165, 1.54) is 0 Å². The number of thiol groups is 1. The molecule has 0 amide bonds. The van der Waals surface area contributed by atoms with Crippen LogP contribution in [0.3, 0.4) is 0 Å². The zero-order chi connectivity index (χ0) is 12.1. The summed E-state index contributed by atoms with van der Waals surface area (Å²) in [6, 6.07) is -3.73. The number of nitroso groups, excluding NO2 is 4. The van der Waals surface area contributed by atoms with Gasteiger partial charge in [0.1, 0.15) is 30.2 Å². The molecule has 2 unspecified atom stereocenters. The van der Waals surface area contributed by atoms with Crippen LogP contribution in [0, 0.1) is 19.6 Å².